The van der Waals surface area contributed by atoms with Crippen LogP contribution in [0.5, 0.6) is 0 Å². The smallest absolute Gasteiger partial charge is 0.220 e. The molecule has 0 saturated heterocycles. The van der Waals surface area contributed by atoms with Gasteiger partial charge in [-0.3, -0.25) is 0 Å². The Morgan fingerprint density at radius 1 is 0.808 bits per heavy atom. The van der Waals surface area contributed by atoms with Crippen LogP contribution in [0.1, 0.15) is 11.1 Å². The number of nitrogens with zero attached hydrogens (tertiary/aromatic N) is 1. The number of halogens is 1. The molecule has 0 unspecified atom stereocenters. The van der Waals surface area contributed by atoms with E-state index in [2.05, 4.69) is 12.0 Å². The van der Waals surface area contributed by atoms with Crippen molar-refractivity contribution >= 4 is 21.6 Å². The van der Waals surface area contributed by atoms with Gasteiger partial charge in [0.1, 0.15) is 0 Å². The summed E-state index contributed by atoms with van der Waals surface area (Å²) < 4.78 is 27.3. The van der Waals surface area contributed by atoms with Gasteiger partial charge in [-0.2, -0.15) is 0 Å². The van der Waals surface area contributed by atoms with Gasteiger partial charge in [-0.15, -0.1) is 0 Å². The zero-order chi connectivity index (χ0) is 18.4. The summed E-state index contributed by atoms with van der Waals surface area (Å²) in [7, 11) is -3.79. The van der Waals surface area contributed by atoms with Crippen molar-refractivity contribution in [2.75, 3.05) is 0 Å². The first-order chi connectivity index (χ1) is 12.6. The summed E-state index contributed by atoms with van der Waals surface area (Å²) in [5.74, 6) is 2.92. The summed E-state index contributed by atoms with van der Waals surface area (Å²) in [5, 5.41) is 0.480. The van der Waals surface area contributed by atoms with Crippen molar-refractivity contribution in [1.29, 1.82) is 0 Å². The maximum Gasteiger partial charge on any atom is 0.271 e. The fourth-order valence-corrected chi connectivity index (χ4v) is 3.66. The molecular weight excluding hydrogens is 366 g/mol. The molecule has 3 aromatic carbocycles. The van der Waals surface area contributed by atoms with E-state index in [9.17, 15) is 8.42 Å². The van der Waals surface area contributed by atoms with Gasteiger partial charge in [0.05, 0.1) is 11.4 Å². The minimum Gasteiger partial charge on any atom is -0.220 e. The summed E-state index contributed by atoms with van der Waals surface area (Å²) in [4.78, 5) is 0.153. The van der Waals surface area contributed by atoms with Gasteiger partial charge in [-0.25, -0.2) is 12.7 Å². The van der Waals surface area contributed by atoms with Gasteiger partial charge < -0.3 is 0 Å². The average Bonchev–Trinajstić information content (AvgIpc) is 2.67. The van der Waals surface area contributed by atoms with E-state index in [1.807, 2.05) is 60.7 Å². The van der Waals surface area contributed by atoms with Crippen molar-refractivity contribution in [2.45, 2.75) is 11.4 Å². The lowest BCUT2D eigenvalue weighted by Gasteiger charge is -2.18. The largest absolute Gasteiger partial charge is 0.271 e. The summed E-state index contributed by atoms with van der Waals surface area (Å²) in [6.45, 7) is 0.158. The Kier molecular flexibility index (Phi) is 5.62. The lowest BCUT2D eigenvalue weighted by molar-refractivity contribution is 0.508. The predicted octanol–water partition coefficient (Wildman–Crippen LogP) is 4.54. The molecule has 0 aliphatic heterocycles. The Labute approximate surface area is 158 Å². The van der Waals surface area contributed by atoms with Crippen molar-refractivity contribution in [3.63, 3.8) is 0 Å². The second kappa shape index (κ2) is 8.09. The molecule has 0 N–H and O–H groups in total. The molecule has 0 atom stereocenters. The Morgan fingerprint density at radius 3 is 2.00 bits per heavy atom. The standard InChI is InChI=1S/C21H16ClNO2S/c22-20-11-13-21(14-12-20)26(24,25)23(17-19-9-5-2-6-10-19)16-15-18-7-3-1-4-8-18/h1-14H,17H2. The van der Waals surface area contributed by atoms with E-state index in [-0.39, 0.29) is 11.4 Å². The number of rotatable bonds is 4. The Balaban J connectivity index is 1.99. The van der Waals surface area contributed by atoms with Gasteiger partial charge in [0.15, 0.2) is 0 Å². The van der Waals surface area contributed by atoms with Crippen LogP contribution in [-0.2, 0) is 16.6 Å². The quantitative estimate of drug-likeness (QED) is 0.491. The second-order valence-corrected chi connectivity index (χ2v) is 7.85. The van der Waals surface area contributed by atoms with E-state index in [0.717, 1.165) is 11.1 Å². The van der Waals surface area contributed by atoms with Gasteiger partial charge in [-0.05, 0) is 47.9 Å². The van der Waals surface area contributed by atoms with Crippen molar-refractivity contribution in [2.24, 2.45) is 0 Å². The van der Waals surface area contributed by atoms with E-state index >= 15 is 0 Å². The molecule has 130 valence electrons. The fourth-order valence-electron chi connectivity index (χ4n) is 2.32. The van der Waals surface area contributed by atoms with Crippen molar-refractivity contribution < 1.29 is 8.42 Å². The molecule has 0 radical (unpaired) electrons. The SMILES string of the molecule is O=S(=O)(c1ccc(Cl)cc1)N(C#Cc1ccccc1)Cc1ccccc1. The molecule has 0 aliphatic rings. The minimum atomic E-state index is -3.79. The molecule has 0 fully saturated rings. The Hall–Kier alpha value is -2.74. The van der Waals surface area contributed by atoms with Crippen molar-refractivity contribution in [3.8, 4) is 12.0 Å². The Morgan fingerprint density at radius 2 is 1.38 bits per heavy atom. The average molecular weight is 382 g/mol. The molecule has 5 heteroatoms. The van der Waals surface area contributed by atoms with Crippen molar-refractivity contribution in [3.05, 3.63) is 101 Å². The maximum absolute atomic E-state index is 13.0. The molecular formula is C21H16ClNO2S. The van der Waals surface area contributed by atoms with Crippen LogP contribution in [0.15, 0.2) is 89.8 Å². The molecule has 0 saturated carbocycles. The fraction of sp³-hybridized carbons (Fsp3) is 0.0476. The van der Waals surface area contributed by atoms with Crippen molar-refractivity contribution in [1.82, 2.24) is 4.31 Å². The highest BCUT2D eigenvalue weighted by molar-refractivity contribution is 7.89. The molecule has 3 rings (SSSR count). The molecule has 3 nitrogen and oxygen atoms in total. The highest BCUT2D eigenvalue weighted by atomic mass is 35.5. The van der Waals surface area contributed by atoms with E-state index < -0.39 is 10.0 Å². The zero-order valence-corrected chi connectivity index (χ0v) is 15.4. The van der Waals surface area contributed by atoms with E-state index in [1.54, 1.807) is 12.1 Å². The first-order valence-corrected chi connectivity index (χ1v) is 9.76. The summed E-state index contributed by atoms with van der Waals surface area (Å²) in [5.41, 5.74) is 1.60. The normalized spacial score (nSPS) is 10.7. The molecule has 26 heavy (non-hydrogen) atoms. The second-order valence-electron chi connectivity index (χ2n) is 5.55. The molecule has 0 spiro atoms. The van der Waals surface area contributed by atoms with Gasteiger partial charge >= 0.3 is 0 Å². The molecule has 0 aromatic heterocycles. The third-order valence-electron chi connectivity index (χ3n) is 3.67. The van der Waals surface area contributed by atoms with Crippen LogP contribution in [0.2, 0.25) is 5.02 Å². The molecule has 0 bridgehead atoms. The van der Waals surface area contributed by atoms with E-state index in [1.165, 1.54) is 16.4 Å². The number of benzene rings is 3. The highest BCUT2D eigenvalue weighted by Gasteiger charge is 2.22. The highest BCUT2D eigenvalue weighted by Crippen LogP contribution is 2.20. The lowest BCUT2D eigenvalue weighted by atomic mass is 10.2. The third-order valence-corrected chi connectivity index (χ3v) is 5.59. The first-order valence-electron chi connectivity index (χ1n) is 7.95. The first kappa shape index (κ1) is 18.1. The Bertz CT molecular complexity index is 1020. The molecule has 0 heterocycles. The topological polar surface area (TPSA) is 37.4 Å². The summed E-state index contributed by atoms with van der Waals surface area (Å²) in [6, 6.07) is 27.5. The van der Waals surface area contributed by atoms with Gasteiger partial charge in [0.2, 0.25) is 0 Å². The van der Waals surface area contributed by atoms with Gasteiger partial charge in [0, 0.05) is 16.6 Å². The molecule has 0 amide bonds. The number of hydrogen-bond acceptors (Lipinski definition) is 2. The summed E-state index contributed by atoms with van der Waals surface area (Å²) >= 11 is 5.88. The van der Waals surface area contributed by atoms with Crippen LogP contribution < -0.4 is 0 Å². The molecule has 3 aromatic rings. The van der Waals surface area contributed by atoms with Crippen LogP contribution in [0, 0.1) is 12.0 Å². The van der Waals surface area contributed by atoms with Gasteiger partial charge in [-0.1, -0.05) is 60.1 Å². The van der Waals surface area contributed by atoms with E-state index in [4.69, 9.17) is 11.6 Å². The third kappa shape index (κ3) is 4.45. The number of sulfonamides is 1. The van der Waals surface area contributed by atoms with E-state index in [0.29, 0.717) is 5.02 Å². The maximum atomic E-state index is 13.0. The summed E-state index contributed by atoms with van der Waals surface area (Å²) in [6.07, 6.45) is 0. The van der Waals surface area contributed by atoms with Crippen LogP contribution in [0.4, 0.5) is 0 Å². The van der Waals surface area contributed by atoms with Crippen LogP contribution in [0.25, 0.3) is 0 Å². The van der Waals surface area contributed by atoms with Gasteiger partial charge in [0.25, 0.3) is 10.0 Å². The lowest BCUT2D eigenvalue weighted by Crippen LogP contribution is -2.26. The zero-order valence-electron chi connectivity index (χ0n) is 13.8. The van der Waals surface area contributed by atoms with Crippen LogP contribution in [-0.4, -0.2) is 12.7 Å². The minimum absolute atomic E-state index is 0.153. The van der Waals surface area contributed by atoms with Crippen LogP contribution in [0.3, 0.4) is 0 Å². The molecule has 0 aliphatic carbocycles. The predicted molar refractivity (Wildman–Crippen MR) is 104 cm³/mol. The van der Waals surface area contributed by atoms with Crippen LogP contribution >= 0.6 is 11.6 Å². The monoisotopic (exact) mass is 381 g/mol. The number of hydrogen-bond donors (Lipinski definition) is 0.